The molecular formula is C14H18Cl2N4O2. The van der Waals surface area contributed by atoms with E-state index in [0.29, 0.717) is 42.0 Å². The zero-order valence-electron chi connectivity index (χ0n) is 12.3. The molecule has 0 radical (unpaired) electrons. The highest BCUT2D eigenvalue weighted by atomic mass is 35.5. The monoisotopic (exact) mass is 344 g/mol. The molecule has 0 aromatic carbocycles. The fourth-order valence-corrected chi connectivity index (χ4v) is 3.51. The van der Waals surface area contributed by atoms with Gasteiger partial charge in [-0.05, 0) is 18.9 Å². The Kier molecular flexibility index (Phi) is 4.23. The standard InChI is InChI=1S/C14H18Cl2N4O2/c1-18-11(7-10(15)12(18)16)13(21)19-5-2-3-9(8-19)20-6-4-17-14(20)22/h7,9H,2-6,8H2,1H3,(H,17,22). The maximum atomic E-state index is 12.7. The average Bonchev–Trinajstić information content (AvgIpc) is 3.06. The van der Waals surface area contributed by atoms with Gasteiger partial charge in [0.2, 0.25) is 0 Å². The van der Waals surface area contributed by atoms with Gasteiger partial charge < -0.3 is 19.7 Å². The molecule has 1 atom stereocenters. The lowest BCUT2D eigenvalue weighted by Crippen LogP contribution is -2.50. The molecule has 0 bridgehead atoms. The Labute approximate surface area is 138 Å². The molecule has 3 rings (SSSR count). The van der Waals surface area contributed by atoms with E-state index < -0.39 is 0 Å². The first-order valence-corrected chi connectivity index (χ1v) is 8.09. The summed E-state index contributed by atoms with van der Waals surface area (Å²) < 4.78 is 1.60. The Bertz CT molecular complexity index is 616. The summed E-state index contributed by atoms with van der Waals surface area (Å²) in [6.07, 6.45) is 1.80. The number of urea groups is 1. The van der Waals surface area contributed by atoms with Crippen LogP contribution in [0.2, 0.25) is 10.2 Å². The van der Waals surface area contributed by atoms with Crippen LogP contribution in [-0.2, 0) is 7.05 Å². The van der Waals surface area contributed by atoms with Crippen molar-refractivity contribution in [3.8, 4) is 0 Å². The number of carbonyl (C=O) groups is 2. The molecule has 22 heavy (non-hydrogen) atoms. The van der Waals surface area contributed by atoms with Crippen LogP contribution in [-0.4, -0.2) is 58.5 Å². The van der Waals surface area contributed by atoms with Gasteiger partial charge in [0.1, 0.15) is 10.8 Å². The molecule has 6 nitrogen and oxygen atoms in total. The van der Waals surface area contributed by atoms with Crippen LogP contribution in [0.25, 0.3) is 0 Å². The van der Waals surface area contributed by atoms with E-state index in [1.807, 2.05) is 4.90 Å². The molecule has 2 saturated heterocycles. The van der Waals surface area contributed by atoms with E-state index in [2.05, 4.69) is 5.32 Å². The number of piperidine rings is 1. The van der Waals surface area contributed by atoms with Crippen LogP contribution >= 0.6 is 23.2 Å². The zero-order chi connectivity index (χ0) is 15.9. The van der Waals surface area contributed by atoms with Crippen molar-refractivity contribution in [1.29, 1.82) is 0 Å². The SMILES string of the molecule is Cn1c(C(=O)N2CCCC(N3CCNC3=O)C2)cc(Cl)c1Cl. The smallest absolute Gasteiger partial charge is 0.317 e. The highest BCUT2D eigenvalue weighted by Gasteiger charge is 2.33. The first kappa shape index (κ1) is 15.5. The second-order valence-electron chi connectivity index (χ2n) is 5.70. The third-order valence-corrected chi connectivity index (χ3v) is 5.19. The van der Waals surface area contributed by atoms with Crippen LogP contribution in [0.4, 0.5) is 4.79 Å². The molecule has 120 valence electrons. The van der Waals surface area contributed by atoms with Gasteiger partial charge in [0, 0.05) is 33.2 Å². The summed E-state index contributed by atoms with van der Waals surface area (Å²) in [6, 6.07) is 1.63. The molecule has 3 heterocycles. The fourth-order valence-electron chi connectivity index (χ4n) is 3.14. The first-order chi connectivity index (χ1) is 10.5. The number of rotatable bonds is 2. The van der Waals surface area contributed by atoms with Gasteiger partial charge in [-0.1, -0.05) is 23.2 Å². The van der Waals surface area contributed by atoms with E-state index in [4.69, 9.17) is 23.2 Å². The van der Waals surface area contributed by atoms with E-state index in [9.17, 15) is 9.59 Å². The number of halogens is 2. The summed E-state index contributed by atoms with van der Waals surface area (Å²) in [5, 5.41) is 3.54. The van der Waals surface area contributed by atoms with Crippen molar-refractivity contribution < 1.29 is 9.59 Å². The van der Waals surface area contributed by atoms with Crippen molar-refractivity contribution in [3.63, 3.8) is 0 Å². The number of likely N-dealkylation sites (tertiary alicyclic amines) is 1. The van der Waals surface area contributed by atoms with Crippen LogP contribution in [0.1, 0.15) is 23.3 Å². The normalized spacial score (nSPS) is 22.1. The van der Waals surface area contributed by atoms with E-state index in [0.717, 1.165) is 12.8 Å². The van der Waals surface area contributed by atoms with Crippen LogP contribution in [0.3, 0.4) is 0 Å². The second-order valence-corrected chi connectivity index (χ2v) is 6.47. The van der Waals surface area contributed by atoms with Gasteiger partial charge >= 0.3 is 6.03 Å². The fraction of sp³-hybridized carbons (Fsp3) is 0.571. The van der Waals surface area contributed by atoms with Crippen LogP contribution in [0, 0.1) is 0 Å². The van der Waals surface area contributed by atoms with Gasteiger partial charge in [-0.3, -0.25) is 4.79 Å². The van der Waals surface area contributed by atoms with Gasteiger partial charge in [0.25, 0.3) is 5.91 Å². The highest BCUT2D eigenvalue weighted by molar-refractivity contribution is 6.41. The van der Waals surface area contributed by atoms with E-state index in [1.165, 1.54) is 0 Å². The van der Waals surface area contributed by atoms with E-state index in [-0.39, 0.29) is 18.0 Å². The third-order valence-electron chi connectivity index (χ3n) is 4.35. The zero-order valence-corrected chi connectivity index (χ0v) is 13.8. The van der Waals surface area contributed by atoms with Crippen molar-refractivity contribution in [2.45, 2.75) is 18.9 Å². The van der Waals surface area contributed by atoms with Gasteiger partial charge in [-0.25, -0.2) is 4.79 Å². The van der Waals surface area contributed by atoms with Crippen molar-refractivity contribution in [1.82, 2.24) is 19.7 Å². The minimum absolute atomic E-state index is 0.0377. The Morgan fingerprint density at radius 1 is 1.36 bits per heavy atom. The molecular weight excluding hydrogens is 327 g/mol. The predicted octanol–water partition coefficient (Wildman–Crippen LogP) is 1.96. The molecule has 8 heteroatoms. The largest absolute Gasteiger partial charge is 0.336 e. The number of nitrogens with zero attached hydrogens (tertiary/aromatic N) is 3. The predicted molar refractivity (Wildman–Crippen MR) is 84.5 cm³/mol. The summed E-state index contributed by atoms with van der Waals surface area (Å²) >= 11 is 12.0. The first-order valence-electron chi connectivity index (χ1n) is 7.33. The van der Waals surface area contributed by atoms with E-state index >= 15 is 0 Å². The average molecular weight is 345 g/mol. The van der Waals surface area contributed by atoms with Crippen LogP contribution in [0.5, 0.6) is 0 Å². The summed E-state index contributed by atoms with van der Waals surface area (Å²) in [6.45, 7) is 2.61. The lowest BCUT2D eigenvalue weighted by Gasteiger charge is -2.37. The minimum Gasteiger partial charge on any atom is -0.336 e. The van der Waals surface area contributed by atoms with Crippen molar-refractivity contribution in [3.05, 3.63) is 21.9 Å². The number of hydrogen-bond donors (Lipinski definition) is 1. The Morgan fingerprint density at radius 2 is 2.14 bits per heavy atom. The molecule has 0 spiro atoms. The maximum Gasteiger partial charge on any atom is 0.317 e. The Balaban J connectivity index is 1.75. The van der Waals surface area contributed by atoms with E-state index in [1.54, 1.807) is 22.6 Å². The molecule has 1 aromatic heterocycles. The molecule has 1 N–H and O–H groups in total. The molecule has 1 aromatic rings. The molecule has 2 aliphatic rings. The summed E-state index contributed by atoms with van der Waals surface area (Å²) in [5.74, 6) is -0.0967. The number of aromatic nitrogens is 1. The van der Waals surface area contributed by atoms with Gasteiger partial charge in [-0.2, -0.15) is 0 Å². The quantitative estimate of drug-likeness (QED) is 0.891. The van der Waals surface area contributed by atoms with Crippen molar-refractivity contribution >= 4 is 35.1 Å². The second kappa shape index (κ2) is 6.01. The third kappa shape index (κ3) is 2.65. The minimum atomic E-state index is -0.0967. The summed E-state index contributed by atoms with van der Waals surface area (Å²) in [4.78, 5) is 28.1. The summed E-state index contributed by atoms with van der Waals surface area (Å²) in [5.41, 5.74) is 0.474. The van der Waals surface area contributed by atoms with Crippen LogP contribution < -0.4 is 5.32 Å². The lowest BCUT2D eigenvalue weighted by molar-refractivity contribution is 0.0625. The molecule has 1 unspecified atom stereocenters. The van der Waals surface area contributed by atoms with Gasteiger partial charge in [0.15, 0.2) is 0 Å². The van der Waals surface area contributed by atoms with Gasteiger partial charge in [0.05, 0.1) is 11.1 Å². The van der Waals surface area contributed by atoms with Crippen molar-refractivity contribution in [2.75, 3.05) is 26.2 Å². The van der Waals surface area contributed by atoms with Crippen molar-refractivity contribution in [2.24, 2.45) is 7.05 Å². The Morgan fingerprint density at radius 3 is 2.73 bits per heavy atom. The number of amides is 3. The van der Waals surface area contributed by atoms with Gasteiger partial charge in [-0.15, -0.1) is 0 Å². The Hall–Kier alpha value is -1.40. The maximum absolute atomic E-state index is 12.7. The molecule has 2 aliphatic heterocycles. The summed E-state index contributed by atoms with van der Waals surface area (Å²) in [7, 11) is 1.72. The number of carbonyl (C=O) groups excluding carboxylic acids is 2. The number of hydrogen-bond acceptors (Lipinski definition) is 2. The molecule has 0 saturated carbocycles. The number of nitrogens with one attached hydrogen (secondary N) is 1. The lowest BCUT2D eigenvalue weighted by atomic mass is 10.0. The van der Waals surface area contributed by atoms with Crippen LogP contribution in [0.15, 0.2) is 6.07 Å². The molecule has 2 fully saturated rings. The highest BCUT2D eigenvalue weighted by Crippen LogP contribution is 2.27. The molecule has 3 amide bonds. The topological polar surface area (TPSA) is 57.6 Å². The molecule has 0 aliphatic carbocycles.